The Morgan fingerprint density at radius 1 is 0.315 bits per heavy atom. The molecule has 10 aromatic carbocycles. The summed E-state index contributed by atoms with van der Waals surface area (Å²) in [6.45, 7) is 0. The Hall–Kier alpha value is -7.16. The summed E-state index contributed by atoms with van der Waals surface area (Å²) in [4.78, 5) is 2.36. The Balaban J connectivity index is 1.12. The maximum absolute atomic E-state index is 6.83. The summed E-state index contributed by atoms with van der Waals surface area (Å²) in [6.07, 6.45) is 0. The lowest BCUT2D eigenvalue weighted by molar-refractivity contribution is 0.669. The monoisotopic (exact) mass is 687 g/mol. The van der Waals surface area contributed by atoms with Crippen molar-refractivity contribution in [3.05, 3.63) is 200 Å². The van der Waals surface area contributed by atoms with Crippen LogP contribution in [0.2, 0.25) is 0 Å². The molecule has 2 nitrogen and oxygen atoms in total. The van der Waals surface area contributed by atoms with Gasteiger partial charge < -0.3 is 9.32 Å². The molecule has 252 valence electrons. The maximum atomic E-state index is 6.83. The molecule has 0 bridgehead atoms. The van der Waals surface area contributed by atoms with Crippen LogP contribution in [0, 0.1) is 0 Å². The molecule has 0 fully saturated rings. The van der Waals surface area contributed by atoms with Gasteiger partial charge in [-0.15, -0.1) is 0 Å². The molecule has 2 heteroatoms. The molecule has 1 heterocycles. The van der Waals surface area contributed by atoms with Crippen molar-refractivity contribution >= 4 is 82.1 Å². The number of rotatable bonds is 5. The van der Waals surface area contributed by atoms with Crippen LogP contribution in [0.15, 0.2) is 205 Å². The second kappa shape index (κ2) is 12.2. The van der Waals surface area contributed by atoms with E-state index in [0.29, 0.717) is 0 Å². The zero-order valence-electron chi connectivity index (χ0n) is 29.4. The van der Waals surface area contributed by atoms with Gasteiger partial charge in [-0.05, 0) is 90.1 Å². The lowest BCUT2D eigenvalue weighted by Gasteiger charge is -2.28. The van der Waals surface area contributed by atoms with E-state index in [1.165, 1.54) is 54.2 Å². The largest absolute Gasteiger partial charge is 0.454 e. The summed E-state index contributed by atoms with van der Waals surface area (Å²) in [6, 6.07) is 72.1. The van der Waals surface area contributed by atoms with Crippen molar-refractivity contribution in [3.63, 3.8) is 0 Å². The quantitative estimate of drug-likeness (QED) is 0.168. The van der Waals surface area contributed by atoms with E-state index in [0.717, 1.165) is 50.1 Å². The van der Waals surface area contributed by atoms with Crippen LogP contribution in [0.1, 0.15) is 0 Å². The zero-order valence-corrected chi connectivity index (χ0v) is 29.4. The summed E-state index contributed by atoms with van der Waals surface area (Å²) in [5.74, 6) is 0. The first-order chi connectivity index (χ1) is 26.8. The SMILES string of the molecule is c1ccc(-c2ccccc2N(c2ccc(-c3cccc4c3ccc3ccc5ccccc5c34)cc2)c2cccc3c2oc2ccc4ccccc4c23)cc1. The maximum Gasteiger partial charge on any atom is 0.159 e. The number of nitrogens with zero attached hydrogens (tertiary/aromatic N) is 1. The molecule has 0 aliphatic carbocycles. The minimum absolute atomic E-state index is 0.865. The van der Waals surface area contributed by atoms with E-state index < -0.39 is 0 Å². The summed E-state index contributed by atoms with van der Waals surface area (Å²) in [7, 11) is 0. The Morgan fingerprint density at radius 2 is 0.889 bits per heavy atom. The van der Waals surface area contributed by atoms with Crippen molar-refractivity contribution in [1.29, 1.82) is 0 Å². The highest BCUT2D eigenvalue weighted by Crippen LogP contribution is 2.47. The van der Waals surface area contributed by atoms with Crippen LogP contribution in [-0.2, 0) is 0 Å². The molecule has 0 unspecified atom stereocenters. The number of furan rings is 1. The lowest BCUT2D eigenvalue weighted by Crippen LogP contribution is -2.11. The van der Waals surface area contributed by atoms with Gasteiger partial charge >= 0.3 is 0 Å². The molecule has 11 rings (SSSR count). The second-order valence-corrected chi connectivity index (χ2v) is 14.0. The standard InChI is InChI=1S/C52H33NO/c1-2-12-34(13-3-1)41-16-8-9-22-47(41)53(48-23-11-21-46-51-43-18-7-5-15-36(43)29-33-49(51)54-52(46)48)39-30-26-37(27-31-39)40-19-10-20-45-44(40)32-28-38-25-24-35-14-4-6-17-42(35)50(38)45/h1-33H. The lowest BCUT2D eigenvalue weighted by atomic mass is 9.92. The summed E-state index contributed by atoms with van der Waals surface area (Å²) in [5, 5.41) is 12.3. The minimum atomic E-state index is 0.865. The third-order valence-corrected chi connectivity index (χ3v) is 11.0. The Bertz CT molecular complexity index is 3210. The Morgan fingerprint density at radius 3 is 1.72 bits per heavy atom. The highest BCUT2D eigenvalue weighted by atomic mass is 16.3. The van der Waals surface area contributed by atoms with Gasteiger partial charge in [0.15, 0.2) is 5.58 Å². The van der Waals surface area contributed by atoms with Crippen LogP contribution >= 0.6 is 0 Å². The Labute approximate surface area is 312 Å². The van der Waals surface area contributed by atoms with E-state index >= 15 is 0 Å². The van der Waals surface area contributed by atoms with Crippen molar-refractivity contribution < 1.29 is 4.42 Å². The molecule has 0 saturated heterocycles. The molecule has 0 amide bonds. The van der Waals surface area contributed by atoms with Gasteiger partial charge in [-0.2, -0.15) is 0 Å². The van der Waals surface area contributed by atoms with Crippen LogP contribution in [0.3, 0.4) is 0 Å². The minimum Gasteiger partial charge on any atom is -0.454 e. The highest BCUT2D eigenvalue weighted by molar-refractivity contribution is 6.23. The van der Waals surface area contributed by atoms with Crippen LogP contribution in [-0.4, -0.2) is 0 Å². The van der Waals surface area contributed by atoms with Gasteiger partial charge in [0.2, 0.25) is 0 Å². The number of para-hydroxylation sites is 2. The first-order valence-electron chi connectivity index (χ1n) is 18.5. The molecule has 0 saturated carbocycles. The summed E-state index contributed by atoms with van der Waals surface area (Å²) in [5.41, 5.74) is 9.58. The van der Waals surface area contributed by atoms with Crippen LogP contribution < -0.4 is 4.90 Å². The zero-order chi connectivity index (χ0) is 35.6. The normalized spacial score (nSPS) is 11.7. The number of fused-ring (bicyclic) bond motifs is 10. The molecule has 0 radical (unpaired) electrons. The van der Waals surface area contributed by atoms with Gasteiger partial charge in [-0.25, -0.2) is 0 Å². The topological polar surface area (TPSA) is 16.4 Å². The number of hydrogen-bond acceptors (Lipinski definition) is 2. The van der Waals surface area contributed by atoms with Gasteiger partial charge in [0.1, 0.15) is 5.58 Å². The second-order valence-electron chi connectivity index (χ2n) is 14.0. The van der Waals surface area contributed by atoms with Crippen molar-refractivity contribution in [3.8, 4) is 22.3 Å². The van der Waals surface area contributed by atoms with Crippen molar-refractivity contribution in [2.45, 2.75) is 0 Å². The smallest absolute Gasteiger partial charge is 0.159 e. The molecule has 0 aliphatic heterocycles. The molecule has 0 spiro atoms. The molecule has 0 atom stereocenters. The molecule has 11 aromatic rings. The summed E-state index contributed by atoms with van der Waals surface area (Å²) < 4.78 is 6.83. The molecule has 54 heavy (non-hydrogen) atoms. The average molecular weight is 688 g/mol. The number of hydrogen-bond donors (Lipinski definition) is 0. The van der Waals surface area contributed by atoms with Gasteiger partial charge in [0.25, 0.3) is 0 Å². The van der Waals surface area contributed by atoms with E-state index in [9.17, 15) is 0 Å². The van der Waals surface area contributed by atoms with Gasteiger partial charge in [0, 0.05) is 22.0 Å². The molecular weight excluding hydrogens is 655 g/mol. The number of anilines is 3. The van der Waals surface area contributed by atoms with Crippen molar-refractivity contribution in [2.24, 2.45) is 0 Å². The van der Waals surface area contributed by atoms with Crippen LogP contribution in [0.4, 0.5) is 17.1 Å². The predicted octanol–water partition coefficient (Wildman–Crippen LogP) is 15.0. The fourth-order valence-electron chi connectivity index (χ4n) is 8.57. The third kappa shape index (κ3) is 4.74. The van der Waals surface area contributed by atoms with Crippen molar-refractivity contribution in [1.82, 2.24) is 0 Å². The van der Waals surface area contributed by atoms with Gasteiger partial charge in [-0.1, -0.05) is 170 Å². The van der Waals surface area contributed by atoms with Crippen LogP contribution in [0.25, 0.3) is 87.3 Å². The molecule has 1 aromatic heterocycles. The third-order valence-electron chi connectivity index (χ3n) is 11.0. The predicted molar refractivity (Wildman–Crippen MR) is 229 cm³/mol. The fourth-order valence-corrected chi connectivity index (χ4v) is 8.57. The van der Waals surface area contributed by atoms with Crippen LogP contribution in [0.5, 0.6) is 0 Å². The first-order valence-corrected chi connectivity index (χ1v) is 18.5. The summed E-state index contributed by atoms with van der Waals surface area (Å²) >= 11 is 0. The van der Waals surface area contributed by atoms with E-state index in [1.54, 1.807) is 0 Å². The molecular formula is C52H33NO. The molecule has 0 N–H and O–H groups in total. The van der Waals surface area contributed by atoms with E-state index in [1.807, 2.05) is 0 Å². The van der Waals surface area contributed by atoms with E-state index in [4.69, 9.17) is 4.42 Å². The first kappa shape index (κ1) is 30.5. The average Bonchev–Trinajstić information content (AvgIpc) is 3.64. The Kier molecular flexibility index (Phi) is 6.90. The van der Waals surface area contributed by atoms with Gasteiger partial charge in [-0.3, -0.25) is 0 Å². The van der Waals surface area contributed by atoms with Gasteiger partial charge in [0.05, 0.1) is 11.4 Å². The van der Waals surface area contributed by atoms with Crippen molar-refractivity contribution in [2.75, 3.05) is 4.90 Å². The molecule has 0 aliphatic rings. The van der Waals surface area contributed by atoms with E-state index in [2.05, 4.69) is 205 Å². The fraction of sp³-hybridized carbons (Fsp3) is 0. The number of benzene rings is 10. The van der Waals surface area contributed by atoms with E-state index in [-0.39, 0.29) is 0 Å². The highest BCUT2D eigenvalue weighted by Gasteiger charge is 2.23.